The van der Waals surface area contributed by atoms with E-state index in [2.05, 4.69) is 0 Å². The number of halogens is 4. The highest BCUT2D eigenvalue weighted by atomic mass is 31.1. The smallest absolute Gasteiger partial charge is 0.489 e. The third kappa shape index (κ3) is 7.82. The van der Waals surface area contributed by atoms with E-state index in [0.29, 0.717) is 38.7 Å². The molecular weight excluding hydrogens is 670 g/mol. The third-order valence-corrected chi connectivity index (χ3v) is 9.24. The van der Waals surface area contributed by atoms with E-state index >= 15 is 4.39 Å². The number of hydrogen-bond donors (Lipinski definition) is 0. The van der Waals surface area contributed by atoms with Crippen molar-refractivity contribution in [2.75, 3.05) is 0 Å². The van der Waals surface area contributed by atoms with Gasteiger partial charge in [-0.2, -0.15) is 0 Å². The zero-order valence-electron chi connectivity index (χ0n) is 26.9. The lowest BCUT2D eigenvalue weighted by molar-refractivity contribution is 0.307. The van der Waals surface area contributed by atoms with Crippen molar-refractivity contribution < 1.29 is 31.5 Å². The molecule has 250 valence electrons. The third-order valence-electron chi connectivity index (χ3n) is 7.95. The first kappa shape index (κ1) is 33.6. The van der Waals surface area contributed by atoms with E-state index in [1.807, 2.05) is 91.0 Å². The second kappa shape index (κ2) is 15.4. The van der Waals surface area contributed by atoms with Crippen LogP contribution in [0, 0.1) is 23.3 Å². The molecule has 0 saturated carbocycles. The lowest BCUT2D eigenvalue weighted by Gasteiger charge is -2.26. The van der Waals surface area contributed by atoms with E-state index in [9.17, 15) is 13.2 Å². The van der Waals surface area contributed by atoms with Gasteiger partial charge < -0.3 is 14.0 Å². The summed E-state index contributed by atoms with van der Waals surface area (Å²) >= 11 is 0. The van der Waals surface area contributed by atoms with E-state index in [1.165, 1.54) is 48.5 Å². The van der Waals surface area contributed by atoms with Gasteiger partial charge in [0.1, 0.15) is 40.5 Å². The van der Waals surface area contributed by atoms with Crippen molar-refractivity contribution in [2.45, 2.75) is 0 Å². The number of benzene rings is 7. The van der Waals surface area contributed by atoms with Gasteiger partial charge in [0.2, 0.25) is 0 Å². The highest BCUT2D eigenvalue weighted by molar-refractivity contribution is 7.55. The molecular formula is C42H28BF4O3P. The molecule has 0 amide bonds. The minimum atomic E-state index is -1.67. The average molecular weight is 698 g/mol. The average Bonchev–Trinajstić information content (AvgIpc) is 3.14. The Labute approximate surface area is 295 Å². The minimum absolute atomic E-state index is 0.0523. The first-order valence-electron chi connectivity index (χ1n) is 16.0. The van der Waals surface area contributed by atoms with Crippen LogP contribution in [-0.2, 0) is 0 Å². The molecule has 0 aliphatic rings. The van der Waals surface area contributed by atoms with Gasteiger partial charge in [-0.3, -0.25) is 0 Å². The van der Waals surface area contributed by atoms with Crippen LogP contribution in [0.3, 0.4) is 0 Å². The predicted molar refractivity (Wildman–Crippen MR) is 197 cm³/mol. The Balaban J connectivity index is 1.54. The van der Waals surface area contributed by atoms with Crippen LogP contribution in [0.5, 0.6) is 17.2 Å². The van der Waals surface area contributed by atoms with Crippen molar-refractivity contribution in [1.29, 1.82) is 0 Å². The first-order valence-corrected chi connectivity index (χ1v) is 17.0. The maximum absolute atomic E-state index is 17.7. The zero-order chi connectivity index (χ0) is 35.2. The van der Waals surface area contributed by atoms with Crippen molar-refractivity contribution in [1.82, 2.24) is 0 Å². The molecule has 7 aromatic rings. The fourth-order valence-electron chi connectivity index (χ4n) is 5.76. The molecule has 0 N–H and O–H groups in total. The summed E-state index contributed by atoms with van der Waals surface area (Å²) in [7, 11) is -2.10. The normalized spacial score (nSPS) is 11.1. The molecule has 0 fully saturated rings. The quantitative estimate of drug-likeness (QED) is 0.0765. The molecule has 0 aromatic heterocycles. The molecule has 51 heavy (non-hydrogen) atoms. The largest absolute Gasteiger partial charge is 0.864 e. The molecule has 7 rings (SSSR count). The fraction of sp³-hybridized carbons (Fsp3) is 0. The Morgan fingerprint density at radius 1 is 0.412 bits per heavy atom. The summed E-state index contributed by atoms with van der Waals surface area (Å²) in [6.07, 6.45) is 0. The van der Waals surface area contributed by atoms with Gasteiger partial charge >= 0.3 is 7.32 Å². The highest BCUT2D eigenvalue weighted by Crippen LogP contribution is 2.48. The van der Waals surface area contributed by atoms with Gasteiger partial charge in [0.25, 0.3) is 0 Å². The Kier molecular flexibility index (Phi) is 10.1. The van der Waals surface area contributed by atoms with Gasteiger partial charge in [0, 0.05) is 28.8 Å². The summed E-state index contributed by atoms with van der Waals surface area (Å²) in [6.45, 7) is 0. The zero-order valence-corrected chi connectivity index (χ0v) is 27.9. The van der Waals surface area contributed by atoms with Crippen LogP contribution < -0.4 is 24.6 Å². The van der Waals surface area contributed by atoms with Crippen molar-refractivity contribution in [3.05, 3.63) is 187 Å². The number of rotatable bonds is 11. The van der Waals surface area contributed by atoms with Crippen LogP contribution in [0.2, 0.25) is 0 Å². The molecule has 1 unspecified atom stereocenters. The van der Waals surface area contributed by atoms with Crippen molar-refractivity contribution in [2.24, 2.45) is 0 Å². The first-order chi connectivity index (χ1) is 24.9. The van der Waals surface area contributed by atoms with Crippen LogP contribution in [0.1, 0.15) is 0 Å². The van der Waals surface area contributed by atoms with Crippen molar-refractivity contribution in [3.8, 4) is 50.6 Å². The molecule has 0 aliphatic heterocycles. The number of hydrogen-bond acceptors (Lipinski definition) is 3. The van der Waals surface area contributed by atoms with Gasteiger partial charge in [-0.25, -0.2) is 17.6 Å². The second-order valence-corrected chi connectivity index (χ2v) is 12.8. The fourth-order valence-corrected chi connectivity index (χ4v) is 6.97. The van der Waals surface area contributed by atoms with Crippen LogP contribution in [0.4, 0.5) is 17.6 Å². The Morgan fingerprint density at radius 3 is 1.35 bits per heavy atom. The molecule has 0 saturated heterocycles. The van der Waals surface area contributed by atoms with Crippen molar-refractivity contribution >= 4 is 26.5 Å². The standard InChI is InChI=1S/C42H28BF4O3P/c44-31-19-10-22-34(25-31)48-43(49-35-23-11-20-32(45)26-35)50-41-39(30-17-8-3-9-18-30)37(28-13-4-1-5-14-28)38(29-15-6-2-7-16-29)40(47)42(41)51-36-24-12-21-33(46)27-36/h1-27,51H. The molecule has 0 heterocycles. The summed E-state index contributed by atoms with van der Waals surface area (Å²) < 4.78 is 79.8. The van der Waals surface area contributed by atoms with E-state index < -0.39 is 39.2 Å². The molecule has 7 aromatic carbocycles. The molecule has 0 aliphatic carbocycles. The van der Waals surface area contributed by atoms with Crippen molar-refractivity contribution in [3.63, 3.8) is 0 Å². The van der Waals surface area contributed by atoms with E-state index in [-0.39, 0.29) is 22.6 Å². The Bertz CT molecular complexity index is 2230. The van der Waals surface area contributed by atoms with Gasteiger partial charge in [-0.15, -0.1) is 0 Å². The summed E-state index contributed by atoms with van der Waals surface area (Å²) in [5, 5.41) is 0.631. The lowest BCUT2D eigenvalue weighted by Crippen LogP contribution is -2.38. The molecule has 0 radical (unpaired) electrons. The topological polar surface area (TPSA) is 27.7 Å². The van der Waals surface area contributed by atoms with E-state index in [0.717, 1.165) is 12.1 Å². The predicted octanol–water partition coefficient (Wildman–Crippen LogP) is 10.4. The van der Waals surface area contributed by atoms with Crippen LogP contribution in [0.25, 0.3) is 33.4 Å². The minimum Gasteiger partial charge on any atom is -0.489 e. The SMILES string of the molecule is Fc1cccc(OB(Oc2cccc(F)c2)Oc2c(Pc3cccc(F)c3)c(F)c(-c3ccccc3)c(-c3ccccc3)c2-c2ccccc2)c1. The van der Waals surface area contributed by atoms with Gasteiger partial charge in [-0.1, -0.05) is 124 Å². The molecule has 0 spiro atoms. The van der Waals surface area contributed by atoms with Crippen LogP contribution in [0.15, 0.2) is 164 Å². The monoisotopic (exact) mass is 698 g/mol. The van der Waals surface area contributed by atoms with E-state index in [4.69, 9.17) is 14.0 Å². The van der Waals surface area contributed by atoms with E-state index in [1.54, 1.807) is 12.1 Å². The summed E-state index contributed by atoms with van der Waals surface area (Å²) in [5.41, 5.74) is 3.37. The van der Waals surface area contributed by atoms with Crippen LogP contribution in [-0.4, -0.2) is 7.32 Å². The molecule has 1 atom stereocenters. The maximum Gasteiger partial charge on any atom is 0.864 e. The van der Waals surface area contributed by atoms with Gasteiger partial charge in [-0.05, 0) is 58.4 Å². The highest BCUT2D eigenvalue weighted by Gasteiger charge is 2.36. The maximum atomic E-state index is 17.7. The summed E-state index contributed by atoms with van der Waals surface area (Å²) in [6, 6.07) is 44.6. The summed E-state index contributed by atoms with van der Waals surface area (Å²) in [4.78, 5) is 0. The van der Waals surface area contributed by atoms with Crippen LogP contribution >= 0.6 is 8.58 Å². The van der Waals surface area contributed by atoms with Gasteiger partial charge in [0.05, 0.1) is 5.30 Å². The second-order valence-electron chi connectivity index (χ2n) is 11.4. The molecule has 9 heteroatoms. The lowest BCUT2D eigenvalue weighted by atomic mass is 9.86. The van der Waals surface area contributed by atoms with Gasteiger partial charge in [0.15, 0.2) is 0 Å². The Morgan fingerprint density at radius 2 is 0.863 bits per heavy atom. The summed E-state index contributed by atoms with van der Waals surface area (Å²) in [5.74, 6) is -2.05. The Hall–Kier alpha value is -5.85. The molecule has 3 nitrogen and oxygen atoms in total. The molecule has 0 bridgehead atoms.